The largest absolute Gasteiger partial charge is 0.302 e. The molecule has 1 N–H and O–H groups in total. The number of hydrogen-bond donors (Lipinski definition) is 1. The summed E-state index contributed by atoms with van der Waals surface area (Å²) in [7, 11) is 0. The highest BCUT2D eigenvalue weighted by molar-refractivity contribution is 5.86. The lowest BCUT2D eigenvalue weighted by molar-refractivity contribution is -0.759. The summed E-state index contributed by atoms with van der Waals surface area (Å²) in [5, 5.41) is 6.09. The third-order valence-corrected chi connectivity index (χ3v) is 1.13. The predicted molar refractivity (Wildman–Crippen MR) is 36.7 cm³/mol. The molecule has 1 amide bonds. The van der Waals surface area contributed by atoms with Crippen molar-refractivity contribution in [1.29, 1.82) is 0 Å². The zero-order chi connectivity index (χ0) is 8.27. The fourth-order valence-corrected chi connectivity index (χ4v) is 0.657. The van der Waals surface area contributed by atoms with Crippen LogP contribution in [-0.2, 0) is 11.3 Å². The Morgan fingerprint density at radius 1 is 1.91 bits per heavy atom. The fourth-order valence-electron chi connectivity index (χ4n) is 0.657. The van der Waals surface area contributed by atoms with Crippen molar-refractivity contribution in [3.63, 3.8) is 0 Å². The molecule has 0 aromatic carbocycles. The van der Waals surface area contributed by atoms with Gasteiger partial charge >= 0.3 is 5.88 Å². The first-order valence-corrected chi connectivity index (χ1v) is 3.36. The first-order chi connectivity index (χ1) is 5.22. The molecule has 1 aromatic heterocycles. The van der Waals surface area contributed by atoms with E-state index in [1.54, 1.807) is 10.9 Å². The van der Waals surface area contributed by atoms with Gasteiger partial charge in [-0.1, -0.05) is 4.68 Å². The van der Waals surface area contributed by atoms with E-state index in [1.807, 2.05) is 6.92 Å². The number of nitrogens with one attached hydrogen (secondary N) is 1. The normalized spacial score (nSPS) is 9.64. The number of carbonyl (C=O) groups excluding carboxylic acids is 1. The number of rotatable bonds is 2. The van der Waals surface area contributed by atoms with Crippen LogP contribution in [0.2, 0.25) is 0 Å². The van der Waals surface area contributed by atoms with Gasteiger partial charge in [0.2, 0.25) is 11.2 Å². The standard InChI is InChI=1S/C6H9N3O2/c1-3-9-4-6(11-8-9)7-5(2)10/h4H,3H2,1-2H3/p+1. The third-order valence-electron chi connectivity index (χ3n) is 1.13. The second-order valence-electron chi connectivity index (χ2n) is 2.10. The molecule has 0 fully saturated rings. The minimum atomic E-state index is -0.163. The van der Waals surface area contributed by atoms with Crippen LogP contribution < -0.4 is 10.00 Å². The van der Waals surface area contributed by atoms with Gasteiger partial charge in [-0.3, -0.25) is 14.6 Å². The van der Waals surface area contributed by atoms with Gasteiger partial charge < -0.3 is 0 Å². The van der Waals surface area contributed by atoms with Crippen molar-refractivity contribution in [2.24, 2.45) is 0 Å². The molecule has 1 aromatic rings. The minimum absolute atomic E-state index is 0.163. The molecule has 11 heavy (non-hydrogen) atoms. The van der Waals surface area contributed by atoms with E-state index in [2.05, 4.69) is 10.6 Å². The average Bonchev–Trinajstić information content (AvgIpc) is 2.34. The zero-order valence-corrected chi connectivity index (χ0v) is 6.50. The summed E-state index contributed by atoms with van der Waals surface area (Å²) >= 11 is 0. The number of anilines is 1. The Bertz CT molecular complexity index is 256. The van der Waals surface area contributed by atoms with Crippen molar-refractivity contribution < 1.29 is 14.0 Å². The SMILES string of the molecule is CC[n+]1cc(NC(C)=O)on1. The lowest BCUT2D eigenvalue weighted by Crippen LogP contribution is -2.32. The van der Waals surface area contributed by atoms with Crippen LogP contribution in [0.15, 0.2) is 10.7 Å². The highest BCUT2D eigenvalue weighted by atomic mass is 16.5. The van der Waals surface area contributed by atoms with Gasteiger partial charge in [-0.2, -0.15) is 0 Å². The van der Waals surface area contributed by atoms with Crippen LogP contribution in [0, 0.1) is 0 Å². The second kappa shape index (κ2) is 3.14. The molecule has 0 spiro atoms. The Hall–Kier alpha value is -1.39. The number of aryl methyl sites for hydroxylation is 1. The highest BCUT2D eigenvalue weighted by Crippen LogP contribution is 1.98. The van der Waals surface area contributed by atoms with Crippen LogP contribution in [0.3, 0.4) is 0 Å². The Labute approximate surface area is 64.0 Å². The zero-order valence-electron chi connectivity index (χ0n) is 6.50. The van der Waals surface area contributed by atoms with Crippen LogP contribution in [-0.4, -0.2) is 11.2 Å². The molecule has 0 bridgehead atoms. The van der Waals surface area contributed by atoms with Gasteiger partial charge in [0.05, 0.1) is 0 Å². The van der Waals surface area contributed by atoms with Crippen molar-refractivity contribution in [3.05, 3.63) is 6.20 Å². The van der Waals surface area contributed by atoms with E-state index in [0.717, 1.165) is 6.54 Å². The molecule has 0 aliphatic carbocycles. The van der Waals surface area contributed by atoms with Crippen LogP contribution in [0.25, 0.3) is 0 Å². The molecule has 0 radical (unpaired) electrons. The third kappa shape index (κ3) is 2.03. The van der Waals surface area contributed by atoms with E-state index in [0.29, 0.717) is 5.88 Å². The number of carbonyl (C=O) groups is 1. The number of hydrogen-bond acceptors (Lipinski definition) is 3. The molecule has 0 saturated carbocycles. The predicted octanol–water partition coefficient (Wildman–Crippen LogP) is -0.0596. The topological polar surface area (TPSA) is 59.0 Å². The highest BCUT2D eigenvalue weighted by Gasteiger charge is 2.08. The second-order valence-corrected chi connectivity index (χ2v) is 2.10. The molecular formula is C6H10N3O2+. The van der Waals surface area contributed by atoms with E-state index in [9.17, 15) is 4.79 Å². The van der Waals surface area contributed by atoms with Gasteiger partial charge in [0.1, 0.15) is 0 Å². The Balaban J connectivity index is 2.65. The molecule has 5 nitrogen and oxygen atoms in total. The number of aromatic nitrogens is 2. The van der Waals surface area contributed by atoms with Gasteiger partial charge in [0.25, 0.3) is 6.20 Å². The monoisotopic (exact) mass is 156 g/mol. The van der Waals surface area contributed by atoms with Gasteiger partial charge in [0.15, 0.2) is 6.54 Å². The lowest BCUT2D eigenvalue weighted by Gasteiger charge is -1.86. The molecular weight excluding hydrogens is 146 g/mol. The fraction of sp³-hybridized carbons (Fsp3) is 0.500. The van der Waals surface area contributed by atoms with Gasteiger partial charge in [0, 0.05) is 6.92 Å². The summed E-state index contributed by atoms with van der Waals surface area (Å²) < 4.78 is 6.34. The quantitative estimate of drug-likeness (QED) is 0.610. The molecule has 0 unspecified atom stereocenters. The van der Waals surface area contributed by atoms with E-state index >= 15 is 0 Å². The summed E-state index contributed by atoms with van der Waals surface area (Å²) in [4.78, 5) is 10.5. The summed E-state index contributed by atoms with van der Waals surface area (Å²) in [5.74, 6) is 0.212. The molecule has 60 valence electrons. The van der Waals surface area contributed by atoms with Crippen LogP contribution in [0.1, 0.15) is 13.8 Å². The minimum Gasteiger partial charge on any atom is -0.289 e. The van der Waals surface area contributed by atoms with Crippen molar-refractivity contribution in [2.45, 2.75) is 20.4 Å². The number of amides is 1. The van der Waals surface area contributed by atoms with Crippen LogP contribution in [0.5, 0.6) is 0 Å². The Morgan fingerprint density at radius 2 is 2.64 bits per heavy atom. The molecule has 5 heteroatoms. The maximum absolute atomic E-state index is 10.5. The smallest absolute Gasteiger partial charge is 0.289 e. The van der Waals surface area contributed by atoms with Gasteiger partial charge in [-0.15, -0.1) is 0 Å². The first kappa shape index (κ1) is 7.71. The summed E-state index contributed by atoms with van der Waals surface area (Å²) in [6.45, 7) is 4.07. The molecule has 0 atom stereocenters. The van der Waals surface area contributed by atoms with Gasteiger partial charge in [-0.05, 0) is 6.92 Å². The molecule has 0 aliphatic rings. The molecule has 0 aliphatic heterocycles. The maximum atomic E-state index is 10.5. The van der Waals surface area contributed by atoms with Crippen molar-refractivity contribution in [3.8, 4) is 0 Å². The average molecular weight is 156 g/mol. The van der Waals surface area contributed by atoms with Crippen molar-refractivity contribution in [1.82, 2.24) is 5.27 Å². The van der Waals surface area contributed by atoms with Crippen molar-refractivity contribution >= 4 is 11.8 Å². The molecule has 1 heterocycles. The maximum Gasteiger partial charge on any atom is 0.302 e. The lowest BCUT2D eigenvalue weighted by atomic mass is 10.6. The van der Waals surface area contributed by atoms with Crippen LogP contribution >= 0.6 is 0 Å². The summed E-state index contributed by atoms with van der Waals surface area (Å²) in [5.41, 5.74) is 0. The Morgan fingerprint density at radius 3 is 3.09 bits per heavy atom. The number of nitrogens with zero attached hydrogens (tertiary/aromatic N) is 2. The van der Waals surface area contributed by atoms with E-state index in [1.165, 1.54) is 6.92 Å². The summed E-state index contributed by atoms with van der Waals surface area (Å²) in [6.07, 6.45) is 1.63. The molecule has 1 rings (SSSR count). The Kier molecular flexibility index (Phi) is 2.20. The van der Waals surface area contributed by atoms with Gasteiger partial charge in [-0.25, -0.2) is 0 Å². The summed E-state index contributed by atoms with van der Waals surface area (Å²) in [6, 6.07) is 0. The van der Waals surface area contributed by atoms with Crippen LogP contribution in [0.4, 0.5) is 5.88 Å². The van der Waals surface area contributed by atoms with Crippen molar-refractivity contribution in [2.75, 3.05) is 5.32 Å². The van der Waals surface area contributed by atoms with E-state index in [4.69, 9.17) is 4.52 Å². The van der Waals surface area contributed by atoms with E-state index < -0.39 is 0 Å². The first-order valence-electron chi connectivity index (χ1n) is 3.36. The molecule has 0 saturated heterocycles. The van der Waals surface area contributed by atoms with E-state index in [-0.39, 0.29) is 5.91 Å².